The van der Waals surface area contributed by atoms with E-state index in [9.17, 15) is 17.2 Å². The minimum absolute atomic E-state index is 0.152. The van der Waals surface area contributed by atoms with Gasteiger partial charge in [-0.2, -0.15) is 8.78 Å². The average molecular weight is 321 g/mol. The SMILES string of the molecule is CC1(CCNc2ccccc2S(=O)(=O)C(F)F)OCCO1. The van der Waals surface area contributed by atoms with Crippen LogP contribution in [0.1, 0.15) is 13.3 Å². The number of rotatable bonds is 6. The highest BCUT2D eigenvalue weighted by atomic mass is 32.2. The van der Waals surface area contributed by atoms with Crippen molar-refractivity contribution in [1.29, 1.82) is 0 Å². The summed E-state index contributed by atoms with van der Waals surface area (Å²) in [7, 11) is -4.63. The lowest BCUT2D eigenvalue weighted by atomic mass is 10.2. The Bertz CT molecular complexity index is 586. The molecule has 0 unspecified atom stereocenters. The van der Waals surface area contributed by atoms with Crippen molar-refractivity contribution in [2.75, 3.05) is 25.1 Å². The first-order valence-electron chi connectivity index (χ1n) is 6.48. The highest BCUT2D eigenvalue weighted by Gasteiger charge is 2.31. The van der Waals surface area contributed by atoms with Crippen LogP contribution in [0.2, 0.25) is 0 Å². The molecule has 1 saturated heterocycles. The van der Waals surface area contributed by atoms with Gasteiger partial charge in [0.05, 0.1) is 23.8 Å². The van der Waals surface area contributed by atoms with Gasteiger partial charge in [0, 0.05) is 13.0 Å². The van der Waals surface area contributed by atoms with Crippen LogP contribution >= 0.6 is 0 Å². The second-order valence-corrected chi connectivity index (χ2v) is 6.70. The molecule has 21 heavy (non-hydrogen) atoms. The smallest absolute Gasteiger partial charge is 0.341 e. The molecule has 1 aliphatic heterocycles. The molecule has 118 valence electrons. The number of anilines is 1. The first-order valence-corrected chi connectivity index (χ1v) is 8.03. The van der Waals surface area contributed by atoms with E-state index in [0.717, 1.165) is 6.07 Å². The molecule has 0 radical (unpaired) electrons. The van der Waals surface area contributed by atoms with Crippen LogP contribution in [0.3, 0.4) is 0 Å². The molecule has 2 rings (SSSR count). The standard InChI is InChI=1S/C13H17F2NO4S/c1-13(19-8-9-20-13)6-7-16-10-4-2-3-5-11(10)21(17,18)12(14)15/h2-5,12,16H,6-9H2,1H3. The van der Waals surface area contributed by atoms with E-state index in [1.807, 2.05) is 0 Å². The van der Waals surface area contributed by atoms with Crippen LogP contribution in [0, 0.1) is 0 Å². The van der Waals surface area contributed by atoms with Gasteiger partial charge in [0.25, 0.3) is 0 Å². The molecule has 0 spiro atoms. The second-order valence-electron chi connectivity index (χ2n) is 4.81. The third kappa shape index (κ3) is 3.69. The minimum Gasteiger partial charge on any atom is -0.384 e. The lowest BCUT2D eigenvalue weighted by Gasteiger charge is -2.22. The van der Waals surface area contributed by atoms with Crippen molar-refractivity contribution in [3.8, 4) is 0 Å². The van der Waals surface area contributed by atoms with Crippen molar-refractivity contribution in [2.24, 2.45) is 0 Å². The zero-order valence-electron chi connectivity index (χ0n) is 11.5. The van der Waals surface area contributed by atoms with Gasteiger partial charge in [-0.15, -0.1) is 0 Å². The summed E-state index contributed by atoms with van der Waals surface area (Å²) in [5, 5.41) is 2.85. The fraction of sp³-hybridized carbons (Fsp3) is 0.538. The summed E-state index contributed by atoms with van der Waals surface area (Å²) in [6.45, 7) is 3.13. The van der Waals surface area contributed by atoms with Crippen molar-refractivity contribution in [3.05, 3.63) is 24.3 Å². The van der Waals surface area contributed by atoms with Gasteiger partial charge in [0.1, 0.15) is 0 Å². The number of hydrogen-bond donors (Lipinski definition) is 1. The van der Waals surface area contributed by atoms with Crippen molar-refractivity contribution < 1.29 is 26.7 Å². The second kappa shape index (κ2) is 6.25. The number of benzene rings is 1. The van der Waals surface area contributed by atoms with Crippen LogP contribution in [0.15, 0.2) is 29.2 Å². The van der Waals surface area contributed by atoms with Crippen molar-refractivity contribution in [3.63, 3.8) is 0 Å². The monoisotopic (exact) mass is 321 g/mol. The predicted molar refractivity (Wildman–Crippen MR) is 73.0 cm³/mol. The summed E-state index contributed by atoms with van der Waals surface area (Å²) in [5.41, 5.74) is 0.152. The number of hydrogen-bond acceptors (Lipinski definition) is 5. The van der Waals surface area contributed by atoms with E-state index in [1.54, 1.807) is 13.0 Å². The number of alkyl halides is 2. The summed E-state index contributed by atoms with van der Waals surface area (Å²) in [6, 6.07) is 5.60. The molecule has 0 bridgehead atoms. The first-order chi connectivity index (χ1) is 9.85. The maximum absolute atomic E-state index is 12.7. The van der Waals surface area contributed by atoms with Gasteiger partial charge in [-0.3, -0.25) is 0 Å². The highest BCUT2D eigenvalue weighted by molar-refractivity contribution is 7.91. The fourth-order valence-corrected chi connectivity index (χ4v) is 2.99. The van der Waals surface area contributed by atoms with Gasteiger partial charge in [-0.25, -0.2) is 8.42 Å². The van der Waals surface area contributed by atoms with Crippen LogP contribution in [0.5, 0.6) is 0 Å². The van der Waals surface area contributed by atoms with Crippen LogP contribution in [0.25, 0.3) is 0 Å². The molecule has 1 N–H and O–H groups in total. The topological polar surface area (TPSA) is 64.6 Å². The van der Waals surface area contributed by atoms with Crippen LogP contribution in [0.4, 0.5) is 14.5 Å². The molecule has 0 aromatic heterocycles. The maximum atomic E-state index is 12.7. The molecule has 0 atom stereocenters. The fourth-order valence-electron chi connectivity index (χ4n) is 2.08. The first kappa shape index (κ1) is 16.1. The molecule has 1 aromatic carbocycles. The predicted octanol–water partition coefficient (Wildman–Crippen LogP) is 2.25. The lowest BCUT2D eigenvalue weighted by Crippen LogP contribution is -2.28. The van der Waals surface area contributed by atoms with E-state index < -0.39 is 26.3 Å². The Morgan fingerprint density at radius 3 is 2.52 bits per heavy atom. The molecule has 0 saturated carbocycles. The van der Waals surface area contributed by atoms with Crippen LogP contribution in [-0.2, 0) is 19.3 Å². The van der Waals surface area contributed by atoms with E-state index in [2.05, 4.69) is 5.32 Å². The Labute approximate surface area is 122 Å². The van der Waals surface area contributed by atoms with Gasteiger partial charge < -0.3 is 14.8 Å². The average Bonchev–Trinajstić information content (AvgIpc) is 2.86. The van der Waals surface area contributed by atoms with E-state index in [4.69, 9.17) is 9.47 Å². The van der Waals surface area contributed by atoms with Gasteiger partial charge in [-0.1, -0.05) is 12.1 Å². The number of sulfone groups is 1. The summed E-state index contributed by atoms with van der Waals surface area (Å²) < 4.78 is 59.3. The van der Waals surface area contributed by atoms with Gasteiger partial charge in [0.15, 0.2) is 5.79 Å². The third-order valence-corrected chi connectivity index (χ3v) is 4.66. The molecule has 5 nitrogen and oxygen atoms in total. The van der Waals surface area contributed by atoms with E-state index in [1.165, 1.54) is 12.1 Å². The summed E-state index contributed by atoms with van der Waals surface area (Å²) in [4.78, 5) is -0.404. The van der Waals surface area contributed by atoms with Crippen LogP contribution in [-0.4, -0.2) is 39.7 Å². The largest absolute Gasteiger partial charge is 0.384 e. The van der Waals surface area contributed by atoms with Gasteiger partial charge in [0.2, 0.25) is 9.84 Å². The summed E-state index contributed by atoms with van der Waals surface area (Å²) in [6.07, 6.45) is 0.468. The van der Waals surface area contributed by atoms with Crippen molar-refractivity contribution >= 4 is 15.5 Å². The van der Waals surface area contributed by atoms with E-state index in [0.29, 0.717) is 26.2 Å². The number of halogens is 2. The molecule has 1 aliphatic rings. The zero-order valence-corrected chi connectivity index (χ0v) is 12.3. The molecule has 8 heteroatoms. The Kier molecular flexibility index (Phi) is 4.80. The Hall–Kier alpha value is -1.25. The number of nitrogens with one attached hydrogen (secondary N) is 1. The van der Waals surface area contributed by atoms with E-state index >= 15 is 0 Å². The molecule has 1 aromatic rings. The summed E-state index contributed by atoms with van der Waals surface area (Å²) in [5.74, 6) is -4.16. The molecular weight excluding hydrogens is 304 g/mol. The van der Waals surface area contributed by atoms with E-state index in [-0.39, 0.29) is 5.69 Å². The minimum atomic E-state index is -4.63. The van der Waals surface area contributed by atoms with Crippen LogP contribution < -0.4 is 5.32 Å². The molecule has 1 fully saturated rings. The number of ether oxygens (including phenoxy) is 2. The Balaban J connectivity index is 2.07. The molecule has 0 aliphatic carbocycles. The molecule has 1 heterocycles. The van der Waals surface area contributed by atoms with Gasteiger partial charge in [-0.05, 0) is 19.1 Å². The Morgan fingerprint density at radius 2 is 1.90 bits per heavy atom. The van der Waals surface area contributed by atoms with Crippen molar-refractivity contribution in [2.45, 2.75) is 29.8 Å². The molecule has 0 amide bonds. The van der Waals surface area contributed by atoms with Gasteiger partial charge >= 0.3 is 5.76 Å². The lowest BCUT2D eigenvalue weighted by molar-refractivity contribution is -0.144. The maximum Gasteiger partial charge on any atom is 0.341 e. The number of para-hydroxylation sites is 1. The third-order valence-electron chi connectivity index (χ3n) is 3.22. The zero-order chi connectivity index (χ0) is 15.5. The highest BCUT2D eigenvalue weighted by Crippen LogP contribution is 2.27. The quantitative estimate of drug-likeness (QED) is 0.870. The molecular formula is C13H17F2NO4S. The van der Waals surface area contributed by atoms with Crippen molar-refractivity contribution in [1.82, 2.24) is 0 Å². The summed E-state index contributed by atoms with van der Waals surface area (Å²) >= 11 is 0. The Morgan fingerprint density at radius 1 is 1.29 bits per heavy atom. The normalized spacial score (nSPS) is 18.1.